The highest BCUT2D eigenvalue weighted by atomic mass is 35.5. The standard InChI is InChI=1S/C28H26ClNO5/c1-4-35-21-13-14-23(29)22(15-21)26(32)24-25(18-7-11-20(31)12-8-18)30(28(34)27(24)33)19-9-5-17(6-10-19)16(2)3/h5-16,25,31-32H,4H2,1-3H3/b26-24+. The topological polar surface area (TPSA) is 87.1 Å². The van der Waals surface area contributed by atoms with Crippen LogP contribution in [0.3, 0.4) is 0 Å². The minimum atomic E-state index is -0.924. The number of aliphatic hydroxyl groups is 1. The first-order chi connectivity index (χ1) is 16.7. The highest BCUT2D eigenvalue weighted by Crippen LogP contribution is 2.43. The number of phenols is 1. The molecule has 3 aromatic carbocycles. The second-order valence-electron chi connectivity index (χ2n) is 8.58. The fraction of sp³-hybridized carbons (Fsp3) is 0.214. The van der Waals surface area contributed by atoms with Crippen LogP contribution in [0.2, 0.25) is 5.02 Å². The zero-order chi connectivity index (χ0) is 25.3. The third-order valence-corrected chi connectivity index (χ3v) is 6.32. The van der Waals surface area contributed by atoms with Crippen LogP contribution >= 0.6 is 11.6 Å². The maximum atomic E-state index is 13.3. The summed E-state index contributed by atoms with van der Waals surface area (Å²) in [6.45, 7) is 6.37. The van der Waals surface area contributed by atoms with E-state index in [0.29, 0.717) is 29.5 Å². The summed E-state index contributed by atoms with van der Waals surface area (Å²) >= 11 is 6.38. The van der Waals surface area contributed by atoms with Crippen molar-refractivity contribution in [2.45, 2.75) is 32.7 Å². The molecule has 1 amide bonds. The zero-order valence-electron chi connectivity index (χ0n) is 19.7. The number of aliphatic hydroxyl groups excluding tert-OH is 1. The van der Waals surface area contributed by atoms with Crippen molar-refractivity contribution in [2.24, 2.45) is 0 Å². The Morgan fingerprint density at radius 1 is 1.03 bits per heavy atom. The molecule has 2 N–H and O–H groups in total. The lowest BCUT2D eigenvalue weighted by Crippen LogP contribution is -2.29. The summed E-state index contributed by atoms with van der Waals surface area (Å²) in [5, 5.41) is 21.4. The maximum Gasteiger partial charge on any atom is 0.300 e. The summed E-state index contributed by atoms with van der Waals surface area (Å²) in [5.74, 6) is -1.18. The molecular weight excluding hydrogens is 466 g/mol. The van der Waals surface area contributed by atoms with Gasteiger partial charge in [-0.15, -0.1) is 0 Å². The van der Waals surface area contributed by atoms with Gasteiger partial charge in [0.1, 0.15) is 17.3 Å². The van der Waals surface area contributed by atoms with Crippen LogP contribution in [0.15, 0.2) is 72.3 Å². The van der Waals surface area contributed by atoms with Gasteiger partial charge in [-0.25, -0.2) is 0 Å². The Balaban J connectivity index is 1.92. The summed E-state index contributed by atoms with van der Waals surface area (Å²) in [6, 6.07) is 17.4. The molecule has 0 aromatic heterocycles. The van der Waals surface area contributed by atoms with Crippen molar-refractivity contribution >= 4 is 34.7 Å². The first-order valence-electron chi connectivity index (χ1n) is 11.4. The predicted octanol–water partition coefficient (Wildman–Crippen LogP) is 6.19. The molecule has 35 heavy (non-hydrogen) atoms. The van der Waals surface area contributed by atoms with E-state index in [4.69, 9.17) is 16.3 Å². The molecule has 0 radical (unpaired) electrons. The molecule has 7 heteroatoms. The highest BCUT2D eigenvalue weighted by molar-refractivity contribution is 6.52. The smallest absolute Gasteiger partial charge is 0.300 e. The average Bonchev–Trinajstić information content (AvgIpc) is 3.11. The SMILES string of the molecule is CCOc1ccc(Cl)c(/C(O)=C2\C(=O)C(=O)N(c3ccc(C(C)C)cc3)C2c2ccc(O)cc2)c1. The highest BCUT2D eigenvalue weighted by Gasteiger charge is 2.47. The van der Waals surface area contributed by atoms with E-state index in [9.17, 15) is 19.8 Å². The number of carbonyl (C=O) groups excluding carboxylic acids is 2. The summed E-state index contributed by atoms with van der Waals surface area (Å²) in [4.78, 5) is 28.0. The third kappa shape index (κ3) is 4.62. The molecule has 1 heterocycles. The molecule has 180 valence electrons. The summed E-state index contributed by atoms with van der Waals surface area (Å²) in [7, 11) is 0. The first-order valence-corrected chi connectivity index (χ1v) is 11.7. The molecule has 6 nitrogen and oxygen atoms in total. The molecule has 0 aliphatic carbocycles. The monoisotopic (exact) mass is 491 g/mol. The molecule has 1 unspecified atom stereocenters. The maximum absolute atomic E-state index is 13.3. The van der Waals surface area contributed by atoms with E-state index in [1.165, 1.54) is 17.0 Å². The van der Waals surface area contributed by atoms with E-state index in [-0.39, 0.29) is 21.9 Å². The molecule has 4 rings (SSSR count). The van der Waals surface area contributed by atoms with Gasteiger partial charge < -0.3 is 14.9 Å². The van der Waals surface area contributed by atoms with E-state index >= 15 is 0 Å². The predicted molar refractivity (Wildman–Crippen MR) is 136 cm³/mol. The molecular formula is C28H26ClNO5. The van der Waals surface area contributed by atoms with Gasteiger partial charge in [0.15, 0.2) is 0 Å². The number of ether oxygens (including phenoxy) is 1. The van der Waals surface area contributed by atoms with E-state index in [0.717, 1.165) is 5.56 Å². The first kappa shape index (κ1) is 24.4. The van der Waals surface area contributed by atoms with Crippen molar-refractivity contribution in [1.82, 2.24) is 0 Å². The van der Waals surface area contributed by atoms with Gasteiger partial charge in [0.25, 0.3) is 11.7 Å². The number of hydrogen-bond donors (Lipinski definition) is 2. The van der Waals surface area contributed by atoms with Crippen LogP contribution in [-0.2, 0) is 9.59 Å². The Hall–Kier alpha value is -3.77. The number of phenolic OH excluding ortho intramolecular Hbond substituents is 1. The number of benzene rings is 3. The number of aromatic hydroxyl groups is 1. The molecule has 0 bridgehead atoms. The second-order valence-corrected chi connectivity index (χ2v) is 8.99. The van der Waals surface area contributed by atoms with Crippen LogP contribution in [0.1, 0.15) is 49.4 Å². The molecule has 0 saturated carbocycles. The van der Waals surface area contributed by atoms with Gasteiger partial charge in [0.05, 0.1) is 23.2 Å². The number of ketones is 1. The normalized spacial score (nSPS) is 17.3. The van der Waals surface area contributed by atoms with Crippen LogP contribution in [0.5, 0.6) is 11.5 Å². The molecule has 1 atom stereocenters. The van der Waals surface area contributed by atoms with Gasteiger partial charge in [-0.05, 0) is 66.4 Å². The Morgan fingerprint density at radius 3 is 2.29 bits per heavy atom. The number of Topliss-reactive ketones (excluding diaryl/α,β-unsaturated/α-hetero) is 1. The number of nitrogens with zero attached hydrogens (tertiary/aromatic N) is 1. The second kappa shape index (κ2) is 9.84. The van der Waals surface area contributed by atoms with Crippen molar-refractivity contribution in [3.05, 3.63) is 94.0 Å². The lowest BCUT2D eigenvalue weighted by molar-refractivity contribution is -0.132. The van der Waals surface area contributed by atoms with E-state index in [1.807, 2.05) is 19.1 Å². The Labute approximate surface area is 209 Å². The van der Waals surface area contributed by atoms with Gasteiger partial charge in [0, 0.05) is 11.3 Å². The molecule has 3 aromatic rings. The van der Waals surface area contributed by atoms with Crippen molar-refractivity contribution in [2.75, 3.05) is 11.5 Å². The lowest BCUT2D eigenvalue weighted by atomic mass is 9.94. The summed E-state index contributed by atoms with van der Waals surface area (Å²) < 4.78 is 5.53. The molecule has 0 spiro atoms. The van der Waals surface area contributed by atoms with Crippen molar-refractivity contribution < 1.29 is 24.5 Å². The lowest BCUT2D eigenvalue weighted by Gasteiger charge is -2.26. The minimum Gasteiger partial charge on any atom is -0.508 e. The van der Waals surface area contributed by atoms with Crippen LogP contribution in [0, 0.1) is 0 Å². The largest absolute Gasteiger partial charge is 0.508 e. The van der Waals surface area contributed by atoms with Crippen molar-refractivity contribution in [1.29, 1.82) is 0 Å². The van der Waals surface area contributed by atoms with Crippen LogP contribution in [0.25, 0.3) is 5.76 Å². The van der Waals surface area contributed by atoms with Gasteiger partial charge in [-0.1, -0.05) is 49.7 Å². The zero-order valence-corrected chi connectivity index (χ0v) is 20.4. The van der Waals surface area contributed by atoms with Crippen LogP contribution in [0.4, 0.5) is 5.69 Å². The fourth-order valence-electron chi connectivity index (χ4n) is 4.18. The minimum absolute atomic E-state index is 0.0412. The van der Waals surface area contributed by atoms with Crippen molar-refractivity contribution in [3.63, 3.8) is 0 Å². The quantitative estimate of drug-likeness (QED) is 0.244. The number of anilines is 1. The number of amides is 1. The Morgan fingerprint density at radius 2 is 1.69 bits per heavy atom. The molecule has 1 aliphatic heterocycles. The number of carbonyl (C=O) groups is 2. The Kier molecular flexibility index (Phi) is 6.85. The third-order valence-electron chi connectivity index (χ3n) is 6.00. The average molecular weight is 492 g/mol. The van der Waals surface area contributed by atoms with E-state index in [1.54, 1.807) is 42.5 Å². The molecule has 1 aliphatic rings. The van der Waals surface area contributed by atoms with Gasteiger partial charge in [0.2, 0.25) is 0 Å². The molecule has 1 fully saturated rings. The number of hydrogen-bond acceptors (Lipinski definition) is 5. The van der Waals surface area contributed by atoms with E-state index in [2.05, 4.69) is 13.8 Å². The van der Waals surface area contributed by atoms with Gasteiger partial charge in [-0.2, -0.15) is 0 Å². The fourth-order valence-corrected chi connectivity index (χ4v) is 4.39. The summed E-state index contributed by atoms with van der Waals surface area (Å²) in [6.07, 6.45) is 0. The van der Waals surface area contributed by atoms with E-state index < -0.39 is 23.5 Å². The molecule has 1 saturated heterocycles. The number of rotatable bonds is 6. The van der Waals surface area contributed by atoms with Gasteiger partial charge >= 0.3 is 0 Å². The number of halogens is 1. The van der Waals surface area contributed by atoms with Gasteiger partial charge in [-0.3, -0.25) is 14.5 Å². The van der Waals surface area contributed by atoms with Crippen LogP contribution < -0.4 is 9.64 Å². The Bertz CT molecular complexity index is 1300. The van der Waals surface area contributed by atoms with Crippen LogP contribution in [-0.4, -0.2) is 28.5 Å². The van der Waals surface area contributed by atoms with Crippen molar-refractivity contribution in [3.8, 4) is 11.5 Å². The summed E-state index contributed by atoms with van der Waals surface area (Å²) in [5.41, 5.74) is 2.25.